The van der Waals surface area contributed by atoms with Gasteiger partial charge in [0.2, 0.25) is 14.7 Å². The minimum Gasteiger partial charge on any atom is -0.234 e. The molecule has 0 N–H and O–H groups in total. The second-order valence-corrected chi connectivity index (χ2v) is 6.48. The summed E-state index contributed by atoms with van der Waals surface area (Å²) in [6.07, 6.45) is -5.81. The van der Waals surface area contributed by atoms with Crippen LogP contribution < -0.4 is 0 Å². The van der Waals surface area contributed by atoms with Crippen molar-refractivity contribution in [2.75, 3.05) is 5.75 Å². The standard InChI is InChI=1S/C7H9ClF4O2S/c8-15(13,14)4-5-2-1-3-6(5,9)7(10,11)12/h5H,1-4H2. The van der Waals surface area contributed by atoms with Crippen molar-refractivity contribution in [2.45, 2.75) is 31.1 Å². The second kappa shape index (κ2) is 3.76. The molecule has 0 bridgehead atoms. The lowest BCUT2D eigenvalue weighted by molar-refractivity contribution is -0.239. The number of halogens is 5. The van der Waals surface area contributed by atoms with Gasteiger partial charge >= 0.3 is 6.18 Å². The molecule has 0 heterocycles. The molecule has 0 radical (unpaired) electrons. The third-order valence-corrected chi connectivity index (χ3v) is 3.79. The molecule has 2 unspecified atom stereocenters. The van der Waals surface area contributed by atoms with Crippen molar-refractivity contribution in [3.05, 3.63) is 0 Å². The Morgan fingerprint density at radius 2 is 1.93 bits per heavy atom. The van der Waals surface area contributed by atoms with Gasteiger partial charge in [-0.1, -0.05) is 0 Å². The Kier molecular flexibility index (Phi) is 3.27. The van der Waals surface area contributed by atoms with E-state index < -0.39 is 39.0 Å². The highest BCUT2D eigenvalue weighted by Crippen LogP contribution is 2.50. The minimum atomic E-state index is -5.03. The van der Waals surface area contributed by atoms with Crippen molar-refractivity contribution < 1.29 is 26.0 Å². The van der Waals surface area contributed by atoms with Crippen molar-refractivity contribution >= 4 is 19.7 Å². The summed E-state index contributed by atoms with van der Waals surface area (Å²) in [6, 6.07) is 0. The first-order valence-corrected chi connectivity index (χ1v) is 6.72. The smallest absolute Gasteiger partial charge is 0.234 e. The highest BCUT2D eigenvalue weighted by atomic mass is 35.7. The lowest BCUT2D eigenvalue weighted by Gasteiger charge is -2.28. The maximum absolute atomic E-state index is 13.6. The summed E-state index contributed by atoms with van der Waals surface area (Å²) in [5.74, 6) is -2.55. The van der Waals surface area contributed by atoms with Gasteiger partial charge in [0.15, 0.2) is 0 Å². The van der Waals surface area contributed by atoms with Gasteiger partial charge in [0, 0.05) is 16.6 Å². The molecule has 2 nitrogen and oxygen atoms in total. The van der Waals surface area contributed by atoms with Crippen LogP contribution in [0.4, 0.5) is 17.6 Å². The van der Waals surface area contributed by atoms with Gasteiger partial charge in [-0.2, -0.15) is 13.2 Å². The fraction of sp³-hybridized carbons (Fsp3) is 1.00. The largest absolute Gasteiger partial charge is 0.422 e. The molecule has 0 aliphatic heterocycles. The van der Waals surface area contributed by atoms with E-state index in [0.29, 0.717) is 0 Å². The zero-order chi connectivity index (χ0) is 11.9. The lowest BCUT2D eigenvalue weighted by Crippen LogP contribution is -2.45. The molecule has 0 spiro atoms. The van der Waals surface area contributed by atoms with Crippen LogP contribution in [0.2, 0.25) is 0 Å². The molecule has 1 rings (SSSR count). The van der Waals surface area contributed by atoms with Crippen LogP contribution in [0.25, 0.3) is 0 Å². The topological polar surface area (TPSA) is 34.1 Å². The average Bonchev–Trinajstić information content (AvgIpc) is 2.29. The number of hydrogen-bond donors (Lipinski definition) is 0. The summed E-state index contributed by atoms with van der Waals surface area (Å²) in [7, 11) is 0.722. The van der Waals surface area contributed by atoms with E-state index in [0.717, 1.165) is 0 Å². The molecule has 0 amide bonds. The molecule has 0 saturated heterocycles. The van der Waals surface area contributed by atoms with Crippen LogP contribution in [-0.4, -0.2) is 26.0 Å². The maximum Gasteiger partial charge on any atom is 0.422 e. The molecule has 8 heteroatoms. The third kappa shape index (κ3) is 2.75. The van der Waals surface area contributed by atoms with Gasteiger partial charge in [0.25, 0.3) is 0 Å². The Balaban J connectivity index is 2.91. The Hall–Kier alpha value is -0.0400. The summed E-state index contributed by atoms with van der Waals surface area (Å²) in [4.78, 5) is 0. The Labute approximate surface area is 89.0 Å². The van der Waals surface area contributed by atoms with Crippen LogP contribution >= 0.6 is 10.7 Å². The molecule has 2 atom stereocenters. The zero-order valence-electron chi connectivity index (χ0n) is 7.52. The van der Waals surface area contributed by atoms with E-state index in [1.807, 2.05) is 0 Å². The monoisotopic (exact) mass is 268 g/mol. The first-order chi connectivity index (χ1) is 6.56. The zero-order valence-corrected chi connectivity index (χ0v) is 9.09. The highest BCUT2D eigenvalue weighted by Gasteiger charge is 2.62. The van der Waals surface area contributed by atoms with Crippen LogP contribution in [0, 0.1) is 5.92 Å². The van der Waals surface area contributed by atoms with Gasteiger partial charge < -0.3 is 0 Å². The normalized spacial score (nSPS) is 33.3. The molecule has 15 heavy (non-hydrogen) atoms. The first kappa shape index (κ1) is 13.0. The highest BCUT2D eigenvalue weighted by molar-refractivity contribution is 8.13. The van der Waals surface area contributed by atoms with Crippen molar-refractivity contribution in [1.29, 1.82) is 0 Å². The van der Waals surface area contributed by atoms with E-state index in [4.69, 9.17) is 10.7 Å². The van der Waals surface area contributed by atoms with Crippen LogP contribution in [0.1, 0.15) is 19.3 Å². The van der Waals surface area contributed by atoms with E-state index in [1.165, 1.54) is 0 Å². The fourth-order valence-electron chi connectivity index (χ4n) is 1.87. The number of alkyl halides is 4. The second-order valence-electron chi connectivity index (χ2n) is 3.65. The molecule has 0 aromatic heterocycles. The van der Waals surface area contributed by atoms with E-state index >= 15 is 0 Å². The predicted molar refractivity (Wildman–Crippen MR) is 46.9 cm³/mol. The van der Waals surface area contributed by atoms with Crippen LogP contribution in [0.5, 0.6) is 0 Å². The molecule has 90 valence electrons. The van der Waals surface area contributed by atoms with Crippen LogP contribution in [0.3, 0.4) is 0 Å². The molecule has 0 aromatic carbocycles. The van der Waals surface area contributed by atoms with Crippen molar-refractivity contribution in [3.63, 3.8) is 0 Å². The molecule has 1 aliphatic rings. The fourth-order valence-corrected chi connectivity index (χ4v) is 3.24. The molecule has 1 aliphatic carbocycles. The Morgan fingerprint density at radius 1 is 1.40 bits per heavy atom. The summed E-state index contributed by atoms with van der Waals surface area (Å²) < 4.78 is 71.9. The maximum atomic E-state index is 13.6. The van der Waals surface area contributed by atoms with E-state index in [9.17, 15) is 26.0 Å². The van der Waals surface area contributed by atoms with Gasteiger partial charge in [-0.15, -0.1) is 0 Å². The Morgan fingerprint density at radius 3 is 2.33 bits per heavy atom. The molecular weight excluding hydrogens is 260 g/mol. The summed E-state index contributed by atoms with van der Waals surface area (Å²) in [5.41, 5.74) is -3.41. The number of rotatable bonds is 2. The molecule has 1 fully saturated rings. The van der Waals surface area contributed by atoms with Gasteiger partial charge in [0.1, 0.15) is 0 Å². The predicted octanol–water partition coefficient (Wildman–Crippen LogP) is 2.63. The SMILES string of the molecule is O=S(=O)(Cl)CC1CCCC1(F)C(F)(F)F. The summed E-state index contributed by atoms with van der Waals surface area (Å²) >= 11 is 0. The van der Waals surface area contributed by atoms with E-state index in [1.54, 1.807) is 0 Å². The van der Waals surface area contributed by atoms with Crippen molar-refractivity contribution in [3.8, 4) is 0 Å². The molecule has 0 aromatic rings. The first-order valence-electron chi connectivity index (χ1n) is 4.24. The molecular formula is C7H9ClF4O2S. The Bertz CT molecular complexity index is 339. The van der Waals surface area contributed by atoms with E-state index in [2.05, 4.69) is 0 Å². The van der Waals surface area contributed by atoms with Gasteiger partial charge in [-0.05, 0) is 19.3 Å². The number of hydrogen-bond acceptors (Lipinski definition) is 2. The van der Waals surface area contributed by atoms with Gasteiger partial charge in [-0.3, -0.25) is 0 Å². The minimum absolute atomic E-state index is 0.0209. The van der Waals surface area contributed by atoms with Crippen molar-refractivity contribution in [2.24, 2.45) is 5.92 Å². The van der Waals surface area contributed by atoms with Crippen LogP contribution in [-0.2, 0) is 9.05 Å². The lowest BCUT2D eigenvalue weighted by atomic mass is 9.94. The quantitative estimate of drug-likeness (QED) is 0.570. The summed E-state index contributed by atoms with van der Waals surface area (Å²) in [6.45, 7) is 0. The van der Waals surface area contributed by atoms with Crippen LogP contribution in [0.15, 0.2) is 0 Å². The van der Waals surface area contributed by atoms with Gasteiger partial charge in [0.05, 0.1) is 5.75 Å². The third-order valence-electron chi connectivity index (χ3n) is 2.61. The van der Waals surface area contributed by atoms with Gasteiger partial charge in [-0.25, -0.2) is 12.8 Å². The van der Waals surface area contributed by atoms with Crippen molar-refractivity contribution in [1.82, 2.24) is 0 Å². The molecule has 1 saturated carbocycles. The average molecular weight is 269 g/mol. The van der Waals surface area contributed by atoms with E-state index in [-0.39, 0.29) is 12.8 Å². The summed E-state index contributed by atoms with van der Waals surface area (Å²) in [5, 5.41) is 0.